The summed E-state index contributed by atoms with van der Waals surface area (Å²) in [4.78, 5) is 5.18. The fourth-order valence-electron chi connectivity index (χ4n) is 2.80. The fourth-order valence-corrected chi connectivity index (χ4v) is 2.80. The van der Waals surface area contributed by atoms with Gasteiger partial charge in [0.2, 0.25) is 0 Å². The van der Waals surface area contributed by atoms with Gasteiger partial charge in [0.05, 0.1) is 19.3 Å². The molecule has 4 nitrogen and oxygen atoms in total. The minimum Gasteiger partial charge on any atom is -0.370 e. The van der Waals surface area contributed by atoms with E-state index in [0.717, 1.165) is 25.7 Å². The maximum absolute atomic E-state index is 14.2. The number of piperazine rings is 1. The summed E-state index contributed by atoms with van der Waals surface area (Å²) in [6.07, 6.45) is -0.439. The van der Waals surface area contributed by atoms with Crippen LogP contribution in [0, 0.1) is 18.2 Å². The molecule has 2 heterocycles. The zero-order valence-electron chi connectivity index (χ0n) is 10.9. The molecular formula is C14H15F2N3O. The summed E-state index contributed by atoms with van der Waals surface area (Å²) in [6, 6.07) is 2.83. The number of rotatable bonds is 1. The average molecular weight is 279 g/mol. The van der Waals surface area contributed by atoms with Crippen LogP contribution in [0.4, 0.5) is 14.5 Å². The van der Waals surface area contributed by atoms with E-state index in [1.54, 1.807) is 0 Å². The molecule has 2 aliphatic heterocycles. The van der Waals surface area contributed by atoms with E-state index in [2.05, 4.69) is 15.1 Å². The first-order valence-corrected chi connectivity index (χ1v) is 6.62. The van der Waals surface area contributed by atoms with Crippen LogP contribution >= 0.6 is 0 Å². The van der Waals surface area contributed by atoms with Gasteiger partial charge in [-0.15, -0.1) is 0 Å². The molecule has 2 fully saturated rings. The predicted molar refractivity (Wildman–Crippen MR) is 69.5 cm³/mol. The largest absolute Gasteiger partial charge is 0.370 e. The smallest absolute Gasteiger partial charge is 0.257 e. The Morgan fingerprint density at radius 3 is 3.05 bits per heavy atom. The topological polar surface area (TPSA) is 28.9 Å². The van der Waals surface area contributed by atoms with Gasteiger partial charge in [-0.25, -0.2) is 13.6 Å². The molecule has 3 rings (SSSR count). The summed E-state index contributed by atoms with van der Waals surface area (Å²) in [5.74, 6) is -1.62. The summed E-state index contributed by atoms with van der Waals surface area (Å²) in [6.45, 7) is 10.6. The molecule has 0 spiro atoms. The van der Waals surface area contributed by atoms with Crippen LogP contribution in [0.25, 0.3) is 4.85 Å². The number of benzene rings is 1. The molecule has 1 aromatic rings. The second-order valence-corrected chi connectivity index (χ2v) is 5.09. The van der Waals surface area contributed by atoms with Crippen molar-refractivity contribution in [3.8, 4) is 0 Å². The number of hydrogen-bond acceptors (Lipinski definition) is 3. The van der Waals surface area contributed by atoms with Crippen molar-refractivity contribution < 1.29 is 13.5 Å². The maximum atomic E-state index is 14.2. The monoisotopic (exact) mass is 279 g/mol. The number of ether oxygens (including phenoxy) is 1. The first-order chi connectivity index (χ1) is 9.70. The Morgan fingerprint density at radius 1 is 1.40 bits per heavy atom. The third kappa shape index (κ3) is 2.29. The standard InChI is InChI=1S/C14H15F2N3O/c1-17-14-11(15)3-2-10(13(14)16)12-7-19-5-4-18-6-9(19)8-20-12/h2-3,9,12,18H,4-8H2/t9?,12-/m1/s1. The average Bonchev–Trinajstić information content (AvgIpc) is 2.47. The number of nitrogens with zero attached hydrogens (tertiary/aromatic N) is 2. The van der Waals surface area contributed by atoms with E-state index in [-0.39, 0.29) is 5.56 Å². The molecule has 6 heteroatoms. The third-order valence-corrected chi connectivity index (χ3v) is 3.92. The maximum Gasteiger partial charge on any atom is 0.257 e. The summed E-state index contributed by atoms with van der Waals surface area (Å²) in [5, 5.41) is 3.29. The van der Waals surface area contributed by atoms with Gasteiger partial charge in [-0.2, -0.15) is 0 Å². The van der Waals surface area contributed by atoms with E-state index in [9.17, 15) is 8.78 Å². The molecule has 2 saturated heterocycles. The van der Waals surface area contributed by atoms with E-state index in [1.807, 2.05) is 0 Å². The molecule has 0 bridgehead atoms. The van der Waals surface area contributed by atoms with Gasteiger partial charge in [0.15, 0.2) is 0 Å². The van der Waals surface area contributed by atoms with Gasteiger partial charge in [0.1, 0.15) is 11.6 Å². The van der Waals surface area contributed by atoms with E-state index in [1.165, 1.54) is 6.07 Å². The van der Waals surface area contributed by atoms with Gasteiger partial charge in [0.25, 0.3) is 5.69 Å². The number of fused-ring (bicyclic) bond motifs is 1. The number of hydrogen-bond donors (Lipinski definition) is 1. The van der Waals surface area contributed by atoms with Crippen molar-refractivity contribution in [2.45, 2.75) is 12.1 Å². The van der Waals surface area contributed by atoms with Crippen molar-refractivity contribution >= 4 is 5.69 Å². The lowest BCUT2D eigenvalue weighted by Crippen LogP contribution is -2.57. The Labute approximate surface area is 116 Å². The summed E-state index contributed by atoms with van der Waals surface area (Å²) in [7, 11) is 0. The van der Waals surface area contributed by atoms with Crippen molar-refractivity contribution in [2.24, 2.45) is 0 Å². The van der Waals surface area contributed by atoms with Crippen molar-refractivity contribution in [3.63, 3.8) is 0 Å². The molecular weight excluding hydrogens is 264 g/mol. The highest BCUT2D eigenvalue weighted by Gasteiger charge is 2.33. The Bertz CT molecular complexity index is 558. The minimum absolute atomic E-state index is 0.273. The molecule has 1 aromatic carbocycles. The second-order valence-electron chi connectivity index (χ2n) is 5.09. The summed E-state index contributed by atoms with van der Waals surface area (Å²) in [5.41, 5.74) is -0.275. The molecule has 0 amide bonds. The zero-order chi connectivity index (χ0) is 14.1. The van der Waals surface area contributed by atoms with E-state index >= 15 is 0 Å². The van der Waals surface area contributed by atoms with Crippen molar-refractivity contribution in [1.82, 2.24) is 10.2 Å². The summed E-state index contributed by atoms with van der Waals surface area (Å²) >= 11 is 0. The van der Waals surface area contributed by atoms with E-state index in [4.69, 9.17) is 11.3 Å². The molecule has 0 radical (unpaired) electrons. The van der Waals surface area contributed by atoms with Crippen LogP contribution in [0.1, 0.15) is 11.7 Å². The lowest BCUT2D eigenvalue weighted by molar-refractivity contribution is -0.0729. The first kappa shape index (κ1) is 13.4. The molecule has 1 N–H and O–H groups in total. The zero-order valence-corrected chi connectivity index (χ0v) is 10.9. The van der Waals surface area contributed by atoms with Crippen molar-refractivity contribution in [3.05, 3.63) is 40.7 Å². The van der Waals surface area contributed by atoms with Crippen molar-refractivity contribution in [1.29, 1.82) is 0 Å². The lowest BCUT2D eigenvalue weighted by Gasteiger charge is -2.42. The summed E-state index contributed by atoms with van der Waals surface area (Å²) < 4.78 is 33.2. The Kier molecular flexibility index (Phi) is 3.66. The molecule has 106 valence electrons. The normalized spacial score (nSPS) is 26.9. The molecule has 0 aliphatic carbocycles. The Hall–Kier alpha value is -1.55. The molecule has 0 saturated carbocycles. The van der Waals surface area contributed by atoms with Crippen LogP contribution in [-0.4, -0.2) is 43.7 Å². The van der Waals surface area contributed by atoms with Gasteiger partial charge in [-0.05, 0) is 6.07 Å². The molecule has 2 atom stereocenters. The Balaban J connectivity index is 1.85. The van der Waals surface area contributed by atoms with Crippen LogP contribution in [0.2, 0.25) is 0 Å². The highest BCUT2D eigenvalue weighted by Crippen LogP contribution is 2.32. The SMILES string of the molecule is [C-]#[N+]c1c(F)ccc([C@H]2CN3CCNCC3CO2)c1F. The highest BCUT2D eigenvalue weighted by molar-refractivity contribution is 5.50. The van der Waals surface area contributed by atoms with Crippen LogP contribution in [-0.2, 0) is 4.74 Å². The van der Waals surface area contributed by atoms with Gasteiger partial charge in [-0.3, -0.25) is 4.90 Å². The molecule has 2 aliphatic rings. The van der Waals surface area contributed by atoms with E-state index in [0.29, 0.717) is 19.2 Å². The number of nitrogens with one attached hydrogen (secondary N) is 1. The van der Waals surface area contributed by atoms with Crippen LogP contribution in [0.15, 0.2) is 12.1 Å². The molecule has 1 unspecified atom stereocenters. The number of halogens is 2. The molecule has 20 heavy (non-hydrogen) atoms. The lowest BCUT2D eigenvalue weighted by atomic mass is 10.0. The van der Waals surface area contributed by atoms with Gasteiger partial charge in [-0.1, -0.05) is 6.07 Å². The second kappa shape index (κ2) is 5.44. The Morgan fingerprint density at radius 2 is 2.25 bits per heavy atom. The third-order valence-electron chi connectivity index (χ3n) is 3.92. The fraction of sp³-hybridized carbons (Fsp3) is 0.500. The van der Waals surface area contributed by atoms with E-state index < -0.39 is 23.4 Å². The number of morpholine rings is 1. The minimum atomic E-state index is -0.822. The first-order valence-electron chi connectivity index (χ1n) is 6.62. The van der Waals surface area contributed by atoms with Crippen LogP contribution in [0.5, 0.6) is 0 Å². The van der Waals surface area contributed by atoms with Crippen LogP contribution in [0.3, 0.4) is 0 Å². The predicted octanol–water partition coefficient (Wildman–Crippen LogP) is 1.86. The van der Waals surface area contributed by atoms with Crippen LogP contribution < -0.4 is 5.32 Å². The highest BCUT2D eigenvalue weighted by atomic mass is 19.1. The van der Waals surface area contributed by atoms with Gasteiger partial charge >= 0.3 is 0 Å². The van der Waals surface area contributed by atoms with Crippen molar-refractivity contribution in [2.75, 3.05) is 32.8 Å². The van der Waals surface area contributed by atoms with Gasteiger partial charge < -0.3 is 10.1 Å². The quantitative estimate of drug-likeness (QED) is 0.796. The van der Waals surface area contributed by atoms with Gasteiger partial charge in [0, 0.05) is 37.8 Å². The molecule has 0 aromatic heterocycles.